The second-order valence-corrected chi connectivity index (χ2v) is 3.63. The van der Waals surface area contributed by atoms with Gasteiger partial charge in [-0.1, -0.05) is 0 Å². The van der Waals surface area contributed by atoms with Gasteiger partial charge in [-0.2, -0.15) is 5.01 Å². The molecule has 1 amide bonds. The molecule has 0 radical (unpaired) electrons. The Balaban J connectivity index is 2.99. The van der Waals surface area contributed by atoms with E-state index >= 15 is 0 Å². The van der Waals surface area contributed by atoms with E-state index < -0.39 is 5.91 Å². The molecule has 0 saturated carbocycles. The third kappa shape index (κ3) is 2.48. The van der Waals surface area contributed by atoms with Crippen LogP contribution in [-0.4, -0.2) is 5.91 Å². The minimum absolute atomic E-state index is 0.392. The summed E-state index contributed by atoms with van der Waals surface area (Å²) in [6, 6.07) is 6.95. The number of hydrogen-bond donors (Lipinski definition) is 0. The molecule has 1 aromatic carbocycles. The van der Waals surface area contributed by atoms with Crippen molar-refractivity contribution in [1.82, 2.24) is 0 Å². The molecule has 0 heterocycles. The second kappa shape index (κ2) is 4.31. The van der Waals surface area contributed by atoms with Gasteiger partial charge in [-0.3, -0.25) is 4.79 Å². The van der Waals surface area contributed by atoms with Crippen LogP contribution in [0.25, 0.3) is 0 Å². The van der Waals surface area contributed by atoms with Gasteiger partial charge < -0.3 is 0 Å². The summed E-state index contributed by atoms with van der Waals surface area (Å²) in [5.74, 6) is -0.392. The summed E-state index contributed by atoms with van der Waals surface area (Å²) in [5.41, 5.74) is 0.489. The predicted molar refractivity (Wildman–Crippen MR) is 58.1 cm³/mol. The maximum absolute atomic E-state index is 10.9. The number of benzene rings is 1. The Morgan fingerprint density at radius 1 is 1.38 bits per heavy atom. The lowest BCUT2D eigenvalue weighted by atomic mass is 10.3. The van der Waals surface area contributed by atoms with Gasteiger partial charge in [-0.25, -0.2) is 0 Å². The van der Waals surface area contributed by atoms with Crippen molar-refractivity contribution in [2.45, 2.75) is 6.92 Å². The van der Waals surface area contributed by atoms with Crippen molar-refractivity contribution in [2.75, 3.05) is 5.01 Å². The first-order valence-electron chi connectivity index (χ1n) is 3.54. The Morgan fingerprint density at radius 3 is 2.31 bits per heavy atom. The van der Waals surface area contributed by atoms with Crippen LogP contribution in [0, 0.1) is 8.48 Å². The largest absolute Gasteiger partial charge is 0.273 e. The molecule has 0 fully saturated rings. The average molecular weight is 290 g/mol. The third-order valence-electron chi connectivity index (χ3n) is 1.45. The summed E-state index contributed by atoms with van der Waals surface area (Å²) in [4.78, 5) is 21.2. The molecule has 4 nitrogen and oxygen atoms in total. The number of carbonyl (C=O) groups excluding carboxylic acids is 1. The van der Waals surface area contributed by atoms with Crippen molar-refractivity contribution in [2.24, 2.45) is 5.29 Å². The highest BCUT2D eigenvalue weighted by atomic mass is 127. The zero-order valence-corrected chi connectivity index (χ0v) is 9.06. The van der Waals surface area contributed by atoms with Crippen molar-refractivity contribution >= 4 is 34.2 Å². The summed E-state index contributed by atoms with van der Waals surface area (Å²) in [5, 5.41) is 3.43. The van der Waals surface area contributed by atoms with Crippen LogP contribution in [0.15, 0.2) is 29.6 Å². The molecule has 0 aromatic heterocycles. The summed E-state index contributed by atoms with van der Waals surface area (Å²) >= 11 is 2.14. The number of carbonyl (C=O) groups is 1. The van der Waals surface area contributed by atoms with Crippen molar-refractivity contribution in [3.05, 3.63) is 32.7 Å². The quantitative estimate of drug-likeness (QED) is 0.477. The number of halogens is 1. The van der Waals surface area contributed by atoms with Crippen LogP contribution in [0.2, 0.25) is 0 Å². The summed E-state index contributed by atoms with van der Waals surface area (Å²) in [6.45, 7) is 1.29. The second-order valence-electron chi connectivity index (χ2n) is 2.39. The molecule has 13 heavy (non-hydrogen) atoms. The minimum Gasteiger partial charge on any atom is -0.273 e. The number of nitroso groups, excluding NO2 is 1. The molecule has 0 atom stereocenters. The number of anilines is 1. The maximum atomic E-state index is 10.9. The summed E-state index contributed by atoms with van der Waals surface area (Å²) in [7, 11) is 0. The van der Waals surface area contributed by atoms with Crippen molar-refractivity contribution in [1.29, 1.82) is 0 Å². The first kappa shape index (κ1) is 10.1. The molecule has 0 bridgehead atoms. The first-order valence-corrected chi connectivity index (χ1v) is 4.62. The highest BCUT2D eigenvalue weighted by molar-refractivity contribution is 14.1. The molecular formula is C8H7IN2O2. The van der Waals surface area contributed by atoms with Gasteiger partial charge in [-0.05, 0) is 46.9 Å². The fourth-order valence-corrected chi connectivity index (χ4v) is 1.23. The number of rotatable bonds is 2. The van der Waals surface area contributed by atoms with Gasteiger partial charge in [0.05, 0.1) is 11.0 Å². The fourth-order valence-electron chi connectivity index (χ4n) is 0.869. The van der Waals surface area contributed by atoms with E-state index in [-0.39, 0.29) is 0 Å². The zero-order valence-electron chi connectivity index (χ0n) is 6.90. The Hall–Kier alpha value is -0.980. The summed E-state index contributed by atoms with van der Waals surface area (Å²) < 4.78 is 1.04. The predicted octanol–water partition coefficient (Wildman–Crippen LogP) is 2.33. The average Bonchev–Trinajstić information content (AvgIpc) is 2.09. The van der Waals surface area contributed by atoms with Crippen molar-refractivity contribution < 1.29 is 4.79 Å². The van der Waals surface area contributed by atoms with E-state index in [1.165, 1.54) is 6.92 Å². The van der Waals surface area contributed by atoms with E-state index in [4.69, 9.17) is 0 Å². The third-order valence-corrected chi connectivity index (χ3v) is 2.17. The van der Waals surface area contributed by atoms with Crippen LogP contribution >= 0.6 is 22.6 Å². The lowest BCUT2D eigenvalue weighted by Gasteiger charge is -2.09. The van der Waals surface area contributed by atoms with Gasteiger partial charge in [0, 0.05) is 10.5 Å². The number of nitrogens with zero attached hydrogens (tertiary/aromatic N) is 2. The SMILES string of the molecule is CC(=O)N(N=O)c1ccc(I)cc1. The van der Waals surface area contributed by atoms with Crippen LogP contribution in [0.1, 0.15) is 6.92 Å². The normalized spacial score (nSPS) is 9.38. The molecule has 5 heteroatoms. The van der Waals surface area contributed by atoms with E-state index in [0.29, 0.717) is 5.69 Å². The van der Waals surface area contributed by atoms with Crippen LogP contribution in [0.3, 0.4) is 0 Å². The van der Waals surface area contributed by atoms with E-state index in [0.717, 1.165) is 8.58 Å². The van der Waals surface area contributed by atoms with Gasteiger partial charge >= 0.3 is 0 Å². The Bertz CT molecular complexity index is 323. The topological polar surface area (TPSA) is 49.7 Å². The Kier molecular flexibility index (Phi) is 3.35. The maximum Gasteiger partial charge on any atom is 0.246 e. The van der Waals surface area contributed by atoms with Crippen LogP contribution in [0.4, 0.5) is 5.69 Å². The highest BCUT2D eigenvalue weighted by Crippen LogP contribution is 2.16. The number of hydrogen-bond acceptors (Lipinski definition) is 3. The van der Waals surface area contributed by atoms with Gasteiger partial charge in [0.15, 0.2) is 0 Å². The lowest BCUT2D eigenvalue weighted by Crippen LogP contribution is -2.20. The molecule has 0 aliphatic heterocycles. The van der Waals surface area contributed by atoms with Crippen LogP contribution in [0.5, 0.6) is 0 Å². The van der Waals surface area contributed by atoms with Crippen LogP contribution < -0.4 is 5.01 Å². The van der Waals surface area contributed by atoms with E-state index in [9.17, 15) is 9.70 Å². The fraction of sp³-hybridized carbons (Fsp3) is 0.125. The van der Waals surface area contributed by atoms with E-state index in [2.05, 4.69) is 27.9 Å². The van der Waals surface area contributed by atoms with Crippen LogP contribution in [-0.2, 0) is 4.79 Å². The van der Waals surface area contributed by atoms with Crippen molar-refractivity contribution in [3.8, 4) is 0 Å². The minimum atomic E-state index is -0.392. The molecule has 0 N–H and O–H groups in total. The Morgan fingerprint density at radius 2 is 1.92 bits per heavy atom. The summed E-state index contributed by atoms with van der Waals surface area (Å²) in [6.07, 6.45) is 0. The van der Waals surface area contributed by atoms with Gasteiger partial charge in [0.25, 0.3) is 0 Å². The molecule has 1 rings (SSSR count). The first-order chi connectivity index (χ1) is 6.15. The molecule has 0 aliphatic carbocycles. The molecule has 0 aliphatic rings. The standard InChI is InChI=1S/C8H7IN2O2/c1-6(12)11(10-13)8-4-2-7(9)3-5-8/h2-5H,1H3. The molecular weight excluding hydrogens is 283 g/mol. The lowest BCUT2D eigenvalue weighted by molar-refractivity contribution is -0.116. The van der Waals surface area contributed by atoms with E-state index in [1.807, 2.05) is 0 Å². The van der Waals surface area contributed by atoms with Gasteiger partial charge in [-0.15, -0.1) is 4.91 Å². The number of amides is 1. The molecule has 1 aromatic rings. The molecule has 68 valence electrons. The molecule has 0 unspecified atom stereocenters. The molecule has 0 spiro atoms. The van der Waals surface area contributed by atoms with Gasteiger partial charge in [0.1, 0.15) is 0 Å². The Labute approximate surface area is 89.0 Å². The molecule has 0 saturated heterocycles. The van der Waals surface area contributed by atoms with Gasteiger partial charge in [0.2, 0.25) is 5.91 Å². The van der Waals surface area contributed by atoms with E-state index in [1.54, 1.807) is 24.3 Å². The highest BCUT2D eigenvalue weighted by Gasteiger charge is 2.10. The zero-order chi connectivity index (χ0) is 9.84. The smallest absolute Gasteiger partial charge is 0.246 e. The van der Waals surface area contributed by atoms with Crippen molar-refractivity contribution in [3.63, 3.8) is 0 Å². The monoisotopic (exact) mass is 290 g/mol.